The highest BCUT2D eigenvalue weighted by Crippen LogP contribution is 2.32. The molecule has 27 heavy (non-hydrogen) atoms. The van der Waals surface area contributed by atoms with Crippen LogP contribution in [0.2, 0.25) is 0 Å². The maximum Gasteiger partial charge on any atom is 0.229 e. The molecule has 2 aromatic rings. The molecule has 1 amide bonds. The van der Waals surface area contributed by atoms with Gasteiger partial charge in [-0.25, -0.2) is 0 Å². The Bertz CT molecular complexity index is 806. The molecule has 0 radical (unpaired) electrons. The van der Waals surface area contributed by atoms with Crippen molar-refractivity contribution in [1.29, 1.82) is 0 Å². The minimum absolute atomic E-state index is 0.0853. The van der Waals surface area contributed by atoms with Crippen LogP contribution in [-0.4, -0.2) is 31.5 Å². The fourth-order valence-corrected chi connectivity index (χ4v) is 3.59. The lowest BCUT2D eigenvalue weighted by Crippen LogP contribution is -2.39. The molecule has 1 aliphatic heterocycles. The van der Waals surface area contributed by atoms with Crippen LogP contribution < -0.4 is 10.1 Å². The quantitative estimate of drug-likeness (QED) is 0.894. The number of amides is 1. The lowest BCUT2D eigenvalue weighted by atomic mass is 9.81. The van der Waals surface area contributed by atoms with Gasteiger partial charge < -0.3 is 15.0 Å². The fraction of sp³-hybridized carbons (Fsp3) is 0.435. The molecule has 4 heteroatoms. The van der Waals surface area contributed by atoms with Gasteiger partial charge in [-0.1, -0.05) is 51.1 Å². The van der Waals surface area contributed by atoms with Crippen LogP contribution in [0.3, 0.4) is 0 Å². The van der Waals surface area contributed by atoms with E-state index in [0.29, 0.717) is 6.54 Å². The number of hydrogen-bond donors (Lipinski definition) is 1. The van der Waals surface area contributed by atoms with Gasteiger partial charge in [0.25, 0.3) is 0 Å². The van der Waals surface area contributed by atoms with E-state index in [2.05, 4.69) is 56.2 Å². The summed E-state index contributed by atoms with van der Waals surface area (Å²) in [6.07, 6.45) is 0. The summed E-state index contributed by atoms with van der Waals surface area (Å²) in [7, 11) is 3.73. The minimum atomic E-state index is -0.133. The Balaban J connectivity index is 1.75. The number of nitrogens with zero attached hydrogens (tertiary/aromatic N) is 1. The monoisotopic (exact) mass is 366 g/mol. The van der Waals surface area contributed by atoms with Crippen molar-refractivity contribution in [3.05, 3.63) is 64.7 Å². The summed E-state index contributed by atoms with van der Waals surface area (Å²) < 4.78 is 5.18. The molecule has 0 bridgehead atoms. The number of fused-ring (bicyclic) bond motifs is 1. The first kappa shape index (κ1) is 19.4. The highest BCUT2D eigenvalue weighted by atomic mass is 16.5. The zero-order chi connectivity index (χ0) is 19.6. The van der Waals surface area contributed by atoms with Gasteiger partial charge in [0.05, 0.1) is 13.0 Å². The van der Waals surface area contributed by atoms with Gasteiger partial charge in [0, 0.05) is 19.6 Å². The molecule has 0 spiro atoms. The molecule has 0 fully saturated rings. The minimum Gasteiger partial charge on any atom is -0.497 e. The van der Waals surface area contributed by atoms with E-state index >= 15 is 0 Å². The van der Waals surface area contributed by atoms with E-state index in [-0.39, 0.29) is 17.2 Å². The molecule has 1 unspecified atom stereocenters. The summed E-state index contributed by atoms with van der Waals surface area (Å²) >= 11 is 0. The van der Waals surface area contributed by atoms with Crippen LogP contribution in [-0.2, 0) is 23.3 Å². The van der Waals surface area contributed by atoms with Crippen LogP contribution in [0.15, 0.2) is 42.5 Å². The van der Waals surface area contributed by atoms with Gasteiger partial charge in [-0.15, -0.1) is 0 Å². The SMILES string of the molecule is COc1ccc(CNC(=O)C2CN(C)Cc3cc(C(C)(C)C)ccc32)cc1. The number of benzene rings is 2. The lowest BCUT2D eigenvalue weighted by Gasteiger charge is -2.33. The van der Waals surface area contributed by atoms with Crippen LogP contribution in [0.1, 0.15) is 48.9 Å². The number of rotatable bonds is 4. The van der Waals surface area contributed by atoms with E-state index < -0.39 is 0 Å². The van der Waals surface area contributed by atoms with Crippen LogP contribution in [0.25, 0.3) is 0 Å². The van der Waals surface area contributed by atoms with Gasteiger partial charge in [-0.2, -0.15) is 0 Å². The number of likely N-dealkylation sites (N-methyl/N-ethyl adjacent to an activating group) is 1. The molecule has 3 rings (SSSR count). The van der Waals surface area contributed by atoms with Gasteiger partial charge in [-0.05, 0) is 46.8 Å². The van der Waals surface area contributed by atoms with E-state index in [0.717, 1.165) is 30.0 Å². The van der Waals surface area contributed by atoms with Crippen molar-refractivity contribution in [2.45, 2.75) is 45.2 Å². The van der Waals surface area contributed by atoms with Crippen molar-refractivity contribution in [1.82, 2.24) is 10.2 Å². The number of ether oxygens (including phenoxy) is 1. The van der Waals surface area contributed by atoms with Crippen molar-refractivity contribution in [2.24, 2.45) is 0 Å². The van der Waals surface area contributed by atoms with Crippen molar-refractivity contribution >= 4 is 5.91 Å². The molecule has 1 heterocycles. The van der Waals surface area contributed by atoms with Gasteiger partial charge >= 0.3 is 0 Å². The lowest BCUT2D eigenvalue weighted by molar-refractivity contribution is -0.123. The maximum absolute atomic E-state index is 12.9. The first-order chi connectivity index (χ1) is 12.8. The van der Waals surface area contributed by atoms with Crippen LogP contribution in [0.4, 0.5) is 0 Å². The fourth-order valence-electron chi connectivity index (χ4n) is 3.59. The second-order valence-electron chi connectivity index (χ2n) is 8.48. The molecule has 4 nitrogen and oxygen atoms in total. The van der Waals surface area contributed by atoms with Crippen LogP contribution in [0.5, 0.6) is 5.75 Å². The third kappa shape index (κ3) is 4.51. The van der Waals surface area contributed by atoms with Crippen molar-refractivity contribution < 1.29 is 9.53 Å². The molecule has 0 saturated heterocycles. The first-order valence-electron chi connectivity index (χ1n) is 9.50. The average molecular weight is 367 g/mol. The number of hydrogen-bond acceptors (Lipinski definition) is 3. The Morgan fingerprint density at radius 2 is 1.89 bits per heavy atom. The summed E-state index contributed by atoms with van der Waals surface area (Å²) in [6, 6.07) is 14.4. The Hall–Kier alpha value is -2.33. The van der Waals surface area contributed by atoms with Crippen LogP contribution in [0, 0.1) is 0 Å². The van der Waals surface area contributed by atoms with Gasteiger partial charge in [0.1, 0.15) is 5.75 Å². The van der Waals surface area contributed by atoms with Gasteiger partial charge in [0.2, 0.25) is 5.91 Å². The van der Waals surface area contributed by atoms with Gasteiger partial charge in [-0.3, -0.25) is 4.79 Å². The topological polar surface area (TPSA) is 41.6 Å². The van der Waals surface area contributed by atoms with Crippen LogP contribution >= 0.6 is 0 Å². The molecule has 1 N–H and O–H groups in total. The third-order valence-electron chi connectivity index (χ3n) is 5.26. The Morgan fingerprint density at radius 1 is 1.19 bits per heavy atom. The second kappa shape index (κ2) is 7.73. The molecule has 1 atom stereocenters. The average Bonchev–Trinajstić information content (AvgIpc) is 2.64. The van der Waals surface area contributed by atoms with E-state index in [1.54, 1.807) is 7.11 Å². The second-order valence-corrected chi connectivity index (χ2v) is 8.48. The maximum atomic E-state index is 12.9. The number of carbonyl (C=O) groups excluding carboxylic acids is 1. The Labute approximate surface area is 162 Å². The van der Waals surface area contributed by atoms with E-state index in [4.69, 9.17) is 4.74 Å². The zero-order valence-electron chi connectivity index (χ0n) is 17.0. The molecular formula is C23H30N2O2. The normalized spacial score (nSPS) is 17.3. The molecule has 0 saturated carbocycles. The molecule has 0 aliphatic carbocycles. The van der Waals surface area contributed by atoms with E-state index in [9.17, 15) is 4.79 Å². The summed E-state index contributed by atoms with van der Waals surface area (Å²) in [5.41, 5.74) is 4.91. The molecule has 2 aromatic carbocycles. The highest BCUT2D eigenvalue weighted by molar-refractivity contribution is 5.84. The number of methoxy groups -OCH3 is 1. The molecule has 144 valence electrons. The Morgan fingerprint density at radius 3 is 2.52 bits per heavy atom. The van der Waals surface area contributed by atoms with Gasteiger partial charge in [0.15, 0.2) is 0 Å². The smallest absolute Gasteiger partial charge is 0.229 e. The predicted octanol–water partition coefficient (Wildman–Crippen LogP) is 3.84. The standard InChI is InChI=1S/C23H30N2O2/c1-23(2,3)18-8-11-20-17(12-18)14-25(4)15-21(20)22(26)24-13-16-6-9-19(27-5)10-7-16/h6-12,21H,13-15H2,1-5H3,(H,24,26). The highest BCUT2D eigenvalue weighted by Gasteiger charge is 2.30. The van der Waals surface area contributed by atoms with Crippen molar-refractivity contribution in [3.63, 3.8) is 0 Å². The van der Waals surface area contributed by atoms with E-state index in [1.807, 2.05) is 24.3 Å². The number of carbonyl (C=O) groups is 1. The van der Waals surface area contributed by atoms with Crippen molar-refractivity contribution in [3.8, 4) is 5.75 Å². The summed E-state index contributed by atoms with van der Waals surface area (Å²) in [5.74, 6) is 0.774. The largest absolute Gasteiger partial charge is 0.497 e. The summed E-state index contributed by atoms with van der Waals surface area (Å²) in [6.45, 7) is 8.83. The summed E-state index contributed by atoms with van der Waals surface area (Å²) in [5, 5.41) is 3.11. The molecular weight excluding hydrogens is 336 g/mol. The zero-order valence-corrected chi connectivity index (χ0v) is 17.0. The van der Waals surface area contributed by atoms with E-state index in [1.165, 1.54) is 11.1 Å². The third-order valence-corrected chi connectivity index (χ3v) is 5.26. The predicted molar refractivity (Wildman–Crippen MR) is 109 cm³/mol. The number of nitrogens with one attached hydrogen (secondary N) is 1. The first-order valence-corrected chi connectivity index (χ1v) is 9.50. The molecule has 0 aromatic heterocycles. The molecule has 1 aliphatic rings. The Kier molecular flexibility index (Phi) is 5.56. The summed E-state index contributed by atoms with van der Waals surface area (Å²) in [4.78, 5) is 15.2. The van der Waals surface area contributed by atoms with Crippen molar-refractivity contribution in [2.75, 3.05) is 20.7 Å².